The largest absolute Gasteiger partial charge is 0.480 e. The molecule has 10 heteroatoms. The second-order valence-electron chi connectivity index (χ2n) is 4.72. The Balaban J connectivity index is 3.75. The zero-order valence-corrected chi connectivity index (χ0v) is 11.7. The van der Waals surface area contributed by atoms with Crippen molar-refractivity contribution in [2.24, 2.45) is 0 Å². The lowest BCUT2D eigenvalue weighted by Crippen LogP contribution is -2.42. The van der Waals surface area contributed by atoms with E-state index in [0.29, 0.717) is 6.92 Å². The third-order valence-corrected chi connectivity index (χ3v) is 3.19. The molecule has 0 fully saturated rings. The van der Waals surface area contributed by atoms with Crippen LogP contribution in [0.3, 0.4) is 0 Å². The van der Waals surface area contributed by atoms with Gasteiger partial charge >= 0.3 is 24.3 Å². The van der Waals surface area contributed by atoms with Crippen LogP contribution in [0.1, 0.15) is 23.6 Å². The van der Waals surface area contributed by atoms with Crippen LogP contribution in [0, 0.1) is 0 Å². The molecule has 0 spiro atoms. The van der Waals surface area contributed by atoms with E-state index in [2.05, 4.69) is 4.74 Å². The quantitative estimate of drug-likeness (QED) is 0.519. The molecule has 0 amide bonds. The van der Waals surface area contributed by atoms with Crippen molar-refractivity contribution in [3.05, 3.63) is 34.9 Å². The third-order valence-electron chi connectivity index (χ3n) is 3.19. The minimum absolute atomic E-state index is 0.164. The summed E-state index contributed by atoms with van der Waals surface area (Å²) in [7, 11) is 0.766. The zero-order valence-electron chi connectivity index (χ0n) is 11.7. The third kappa shape index (κ3) is 3.57. The summed E-state index contributed by atoms with van der Waals surface area (Å²) >= 11 is 0. The maximum atomic E-state index is 12.8. The van der Waals surface area contributed by atoms with Crippen LogP contribution in [0.4, 0.5) is 26.3 Å². The van der Waals surface area contributed by atoms with Crippen molar-refractivity contribution in [3.8, 4) is 0 Å². The molecule has 4 nitrogen and oxygen atoms in total. The lowest BCUT2D eigenvalue weighted by atomic mass is 9.81. The molecule has 0 aliphatic rings. The number of rotatable bonds is 3. The maximum absolute atomic E-state index is 12.8. The van der Waals surface area contributed by atoms with Gasteiger partial charge in [-0.1, -0.05) is 0 Å². The highest BCUT2D eigenvalue weighted by atomic mass is 19.4. The van der Waals surface area contributed by atoms with E-state index < -0.39 is 46.4 Å². The van der Waals surface area contributed by atoms with E-state index in [1.807, 2.05) is 0 Å². The van der Waals surface area contributed by atoms with Crippen LogP contribution in [-0.4, -0.2) is 24.2 Å². The first kappa shape index (κ1) is 18.8. The van der Waals surface area contributed by atoms with Crippen LogP contribution in [0.25, 0.3) is 0 Å². The fourth-order valence-corrected chi connectivity index (χ4v) is 1.78. The van der Waals surface area contributed by atoms with Gasteiger partial charge in [-0.05, 0) is 30.7 Å². The number of methoxy groups -OCH3 is 1. The number of carboxylic acid groups (broad SMARTS) is 1. The Bertz CT molecular complexity index is 602. The van der Waals surface area contributed by atoms with Gasteiger partial charge in [0.1, 0.15) is 0 Å². The monoisotopic (exact) mass is 344 g/mol. The van der Waals surface area contributed by atoms with Gasteiger partial charge in [-0.3, -0.25) is 9.59 Å². The number of carbonyl (C=O) groups excluding carboxylic acids is 1. The van der Waals surface area contributed by atoms with Crippen LogP contribution in [0.5, 0.6) is 0 Å². The molecule has 1 aromatic rings. The van der Waals surface area contributed by atoms with Crippen LogP contribution in [0.2, 0.25) is 0 Å². The number of alkyl halides is 6. The van der Waals surface area contributed by atoms with E-state index in [0.717, 1.165) is 7.11 Å². The summed E-state index contributed by atoms with van der Waals surface area (Å²) in [6.07, 6.45) is -10.3. The molecule has 0 aliphatic heterocycles. The smallest absolute Gasteiger partial charge is 0.416 e. The summed E-state index contributed by atoms with van der Waals surface area (Å²) < 4.78 is 80.9. The molecule has 128 valence electrons. The minimum Gasteiger partial charge on any atom is -0.480 e. The SMILES string of the molecule is COC(=O)C(C)(C(=O)O)c1cc(C(F)(F)F)cc(C(F)(F)F)c1. The Morgan fingerprint density at radius 3 is 1.52 bits per heavy atom. The van der Waals surface area contributed by atoms with Crippen molar-refractivity contribution in [1.29, 1.82) is 0 Å². The van der Waals surface area contributed by atoms with Gasteiger partial charge < -0.3 is 9.84 Å². The summed E-state index contributed by atoms with van der Waals surface area (Å²) in [6, 6.07) is 0.198. The molecule has 1 N–H and O–H groups in total. The highest BCUT2D eigenvalue weighted by molar-refractivity contribution is 6.05. The summed E-state index contributed by atoms with van der Waals surface area (Å²) in [5.74, 6) is -3.45. The number of esters is 1. The first-order valence-corrected chi connectivity index (χ1v) is 5.86. The van der Waals surface area contributed by atoms with E-state index >= 15 is 0 Å². The van der Waals surface area contributed by atoms with Gasteiger partial charge in [0.15, 0.2) is 5.41 Å². The first-order chi connectivity index (χ1) is 10.2. The molecule has 0 heterocycles. The van der Waals surface area contributed by atoms with Crippen molar-refractivity contribution >= 4 is 11.9 Å². The molecule has 0 bridgehead atoms. The van der Waals surface area contributed by atoms with Crippen molar-refractivity contribution in [1.82, 2.24) is 0 Å². The average molecular weight is 344 g/mol. The standard InChI is InChI=1S/C13H10F6O4/c1-11(9(20)21,10(22)23-2)6-3-7(12(14,15)16)5-8(4-6)13(17,18)19/h3-5H,1-2H3,(H,20,21). The van der Waals surface area contributed by atoms with Crippen LogP contribution in [0.15, 0.2) is 18.2 Å². The topological polar surface area (TPSA) is 63.6 Å². The van der Waals surface area contributed by atoms with Gasteiger partial charge in [0.2, 0.25) is 0 Å². The number of hydrogen-bond donors (Lipinski definition) is 1. The normalized spacial score (nSPS) is 15.0. The molecule has 1 atom stereocenters. The Labute approximate surface area is 125 Å². The van der Waals surface area contributed by atoms with Crippen molar-refractivity contribution in [2.75, 3.05) is 7.11 Å². The van der Waals surface area contributed by atoms with Crippen molar-refractivity contribution in [3.63, 3.8) is 0 Å². The molecule has 0 saturated heterocycles. The Morgan fingerprint density at radius 2 is 1.26 bits per heavy atom. The highest BCUT2D eigenvalue weighted by Gasteiger charge is 2.47. The number of benzene rings is 1. The van der Waals surface area contributed by atoms with Gasteiger partial charge in [-0.25, -0.2) is 0 Å². The van der Waals surface area contributed by atoms with Crippen LogP contribution >= 0.6 is 0 Å². The fourth-order valence-electron chi connectivity index (χ4n) is 1.78. The number of carbonyl (C=O) groups is 2. The van der Waals surface area contributed by atoms with Gasteiger partial charge in [-0.15, -0.1) is 0 Å². The number of aliphatic carboxylic acids is 1. The lowest BCUT2D eigenvalue weighted by molar-refractivity contribution is -0.159. The first-order valence-electron chi connectivity index (χ1n) is 5.86. The van der Waals surface area contributed by atoms with E-state index in [1.165, 1.54) is 0 Å². The lowest BCUT2D eigenvalue weighted by Gasteiger charge is -2.24. The average Bonchev–Trinajstić information content (AvgIpc) is 2.42. The molecule has 0 saturated carbocycles. The second-order valence-corrected chi connectivity index (χ2v) is 4.72. The van der Waals surface area contributed by atoms with Crippen molar-refractivity contribution in [2.45, 2.75) is 24.7 Å². The molecule has 1 aromatic carbocycles. The second kappa shape index (κ2) is 5.74. The molecule has 0 radical (unpaired) electrons. The molecule has 0 aromatic heterocycles. The molecule has 1 unspecified atom stereocenters. The number of hydrogen-bond acceptors (Lipinski definition) is 3. The van der Waals surface area contributed by atoms with Gasteiger partial charge in [0, 0.05) is 0 Å². The van der Waals surface area contributed by atoms with Gasteiger partial charge in [-0.2, -0.15) is 26.3 Å². The van der Waals surface area contributed by atoms with Gasteiger partial charge in [0.25, 0.3) is 0 Å². The molecule has 0 aliphatic carbocycles. The molecular formula is C13H10F6O4. The van der Waals surface area contributed by atoms with E-state index in [4.69, 9.17) is 5.11 Å². The number of carboxylic acids is 1. The zero-order chi connectivity index (χ0) is 18.2. The molecule has 23 heavy (non-hydrogen) atoms. The Kier molecular flexibility index (Phi) is 4.69. The Morgan fingerprint density at radius 1 is 0.913 bits per heavy atom. The van der Waals surface area contributed by atoms with Crippen molar-refractivity contribution < 1.29 is 45.8 Å². The van der Waals surface area contributed by atoms with E-state index in [-0.39, 0.29) is 18.2 Å². The predicted octanol–water partition coefficient (Wildman–Crippen LogP) is 3.24. The molecular weight excluding hydrogens is 334 g/mol. The van der Waals surface area contributed by atoms with Crippen LogP contribution < -0.4 is 0 Å². The molecule has 1 rings (SSSR count). The number of ether oxygens (including phenoxy) is 1. The van der Waals surface area contributed by atoms with Crippen LogP contribution in [-0.2, 0) is 32.1 Å². The maximum Gasteiger partial charge on any atom is 0.416 e. The predicted molar refractivity (Wildman–Crippen MR) is 63.4 cm³/mol. The summed E-state index contributed by atoms with van der Waals surface area (Å²) in [4.78, 5) is 22.9. The van der Waals surface area contributed by atoms with E-state index in [9.17, 15) is 35.9 Å². The summed E-state index contributed by atoms with van der Waals surface area (Å²) in [5, 5.41) is 9.11. The van der Waals surface area contributed by atoms with E-state index in [1.54, 1.807) is 0 Å². The highest BCUT2D eigenvalue weighted by Crippen LogP contribution is 2.39. The fraction of sp³-hybridized carbons (Fsp3) is 0.385. The number of halogens is 6. The summed E-state index contributed by atoms with van der Waals surface area (Å²) in [5.41, 5.74) is -7.16. The summed E-state index contributed by atoms with van der Waals surface area (Å²) in [6.45, 7) is 0.664. The minimum atomic E-state index is -5.16. The Hall–Kier alpha value is -2.26. The van der Waals surface area contributed by atoms with Gasteiger partial charge in [0.05, 0.1) is 18.2 Å².